The third-order valence-electron chi connectivity index (χ3n) is 3.02. The molecular weight excluding hydrogens is 240 g/mol. The maximum atomic E-state index is 12.0. The van der Waals surface area contributed by atoms with Gasteiger partial charge in [0.1, 0.15) is 0 Å². The van der Waals surface area contributed by atoms with Gasteiger partial charge in [-0.15, -0.1) is 0 Å². The summed E-state index contributed by atoms with van der Waals surface area (Å²) < 4.78 is 10.9. The minimum atomic E-state index is -1.51. The van der Waals surface area contributed by atoms with Crippen molar-refractivity contribution in [2.75, 3.05) is 18.5 Å². The smallest absolute Gasteiger partial charge is 0.289 e. The average Bonchev–Trinajstić information content (AvgIpc) is 2.63. The van der Waals surface area contributed by atoms with Gasteiger partial charge in [-0.3, -0.25) is 14.9 Å². The summed E-state index contributed by atoms with van der Waals surface area (Å²) in [7, 11) is 0. The first-order valence-corrected chi connectivity index (χ1v) is 5.52. The minimum Gasteiger partial charge on any atom is -0.338 e. The zero-order chi connectivity index (χ0) is 12.8. The summed E-state index contributed by atoms with van der Waals surface area (Å²) in [4.78, 5) is 22.2. The maximum absolute atomic E-state index is 12.0. The van der Waals surface area contributed by atoms with Crippen molar-refractivity contribution < 1.29 is 19.2 Å². The number of benzene rings is 1. The van der Waals surface area contributed by atoms with Crippen LogP contribution in [0.15, 0.2) is 18.2 Å². The number of anilines is 1. The second-order valence-corrected chi connectivity index (χ2v) is 4.11. The average molecular weight is 250 g/mol. The van der Waals surface area contributed by atoms with Crippen LogP contribution in [0.2, 0.25) is 0 Å². The summed E-state index contributed by atoms with van der Waals surface area (Å²) in [6.07, 6.45) is 0.694. The number of carbonyl (C=O) groups excluding carboxylic acids is 1. The van der Waals surface area contributed by atoms with Crippen molar-refractivity contribution >= 4 is 17.3 Å². The molecule has 0 aliphatic carbocycles. The Hall–Kier alpha value is -1.99. The van der Waals surface area contributed by atoms with Gasteiger partial charge in [-0.2, -0.15) is 0 Å². The van der Waals surface area contributed by atoms with Crippen LogP contribution >= 0.6 is 0 Å². The molecule has 1 fully saturated rings. The quantitative estimate of drug-likeness (QED) is 0.596. The van der Waals surface area contributed by atoms with E-state index in [2.05, 4.69) is 5.32 Å². The van der Waals surface area contributed by atoms with Gasteiger partial charge in [0.2, 0.25) is 0 Å². The van der Waals surface area contributed by atoms with Crippen LogP contribution < -0.4 is 5.32 Å². The lowest BCUT2D eigenvalue weighted by molar-refractivity contribution is -0.385. The largest absolute Gasteiger partial charge is 0.338 e. The summed E-state index contributed by atoms with van der Waals surface area (Å²) in [5.74, 6) is -1.95. The molecule has 0 radical (unpaired) electrons. The molecule has 0 saturated carbocycles. The van der Waals surface area contributed by atoms with Gasteiger partial charge in [0.15, 0.2) is 0 Å². The van der Waals surface area contributed by atoms with Gasteiger partial charge < -0.3 is 14.8 Å². The number of ether oxygens (including phenoxy) is 2. The summed E-state index contributed by atoms with van der Waals surface area (Å²) >= 11 is 0. The number of fused-ring (bicyclic) bond motifs is 2. The van der Waals surface area contributed by atoms with E-state index in [9.17, 15) is 14.9 Å². The lowest BCUT2D eigenvalue weighted by Gasteiger charge is -2.31. The van der Waals surface area contributed by atoms with Crippen LogP contribution in [-0.2, 0) is 20.1 Å². The fourth-order valence-electron chi connectivity index (χ4n) is 2.17. The molecule has 94 valence electrons. The summed E-state index contributed by atoms with van der Waals surface area (Å²) in [5.41, 5.74) is 0.774. The third kappa shape index (κ3) is 1.41. The SMILES string of the molecule is O=C1Nc2ccc([N+](=O)[O-])cc2C12OCCCO2. The Labute approximate surface area is 102 Å². The van der Waals surface area contributed by atoms with Crippen LogP contribution in [0.5, 0.6) is 0 Å². The van der Waals surface area contributed by atoms with E-state index in [0.29, 0.717) is 30.9 Å². The lowest BCUT2D eigenvalue weighted by atomic mass is 10.1. The number of nitro groups is 1. The Bertz CT molecular complexity index is 536. The zero-order valence-corrected chi connectivity index (χ0v) is 9.34. The van der Waals surface area contributed by atoms with Gasteiger partial charge in [0.05, 0.1) is 29.4 Å². The molecule has 18 heavy (non-hydrogen) atoms. The Morgan fingerprint density at radius 2 is 2.06 bits per heavy atom. The number of carbonyl (C=O) groups is 1. The number of amides is 1. The molecule has 1 saturated heterocycles. The zero-order valence-electron chi connectivity index (χ0n) is 9.34. The molecule has 0 unspecified atom stereocenters. The number of nitrogens with one attached hydrogen (secondary N) is 1. The molecule has 0 atom stereocenters. The molecule has 7 nitrogen and oxygen atoms in total. The standard InChI is InChI=1S/C11H10N2O5/c14-10-11(17-4-1-5-18-11)8-6-7(13(15)16)2-3-9(8)12-10/h2-3,6H,1,4-5H2,(H,12,14). The van der Waals surface area contributed by atoms with E-state index >= 15 is 0 Å². The van der Waals surface area contributed by atoms with Crippen molar-refractivity contribution in [2.45, 2.75) is 12.2 Å². The summed E-state index contributed by atoms with van der Waals surface area (Å²) in [6.45, 7) is 0.769. The van der Waals surface area contributed by atoms with Crippen molar-refractivity contribution in [1.82, 2.24) is 0 Å². The molecule has 0 aromatic heterocycles. The first kappa shape index (κ1) is 11.1. The monoisotopic (exact) mass is 250 g/mol. The van der Waals surface area contributed by atoms with Crippen LogP contribution in [-0.4, -0.2) is 24.0 Å². The van der Waals surface area contributed by atoms with Crippen LogP contribution in [0.4, 0.5) is 11.4 Å². The van der Waals surface area contributed by atoms with Gasteiger partial charge in [-0.05, 0) is 12.5 Å². The number of nitrogens with zero attached hydrogens (tertiary/aromatic N) is 1. The van der Waals surface area contributed by atoms with Gasteiger partial charge >= 0.3 is 0 Å². The highest BCUT2D eigenvalue weighted by molar-refractivity contribution is 6.04. The first-order valence-electron chi connectivity index (χ1n) is 5.52. The molecule has 2 aliphatic heterocycles. The fraction of sp³-hybridized carbons (Fsp3) is 0.364. The highest BCUT2D eigenvalue weighted by atomic mass is 16.7. The highest BCUT2D eigenvalue weighted by Crippen LogP contribution is 2.42. The lowest BCUT2D eigenvalue weighted by Crippen LogP contribution is -2.43. The number of rotatable bonds is 1. The number of non-ortho nitro benzene ring substituents is 1. The number of nitro benzene ring substituents is 1. The molecule has 1 aromatic rings. The van der Waals surface area contributed by atoms with Crippen molar-refractivity contribution in [3.05, 3.63) is 33.9 Å². The Morgan fingerprint density at radius 3 is 2.72 bits per heavy atom. The van der Waals surface area contributed by atoms with Gasteiger partial charge in [0, 0.05) is 12.1 Å². The van der Waals surface area contributed by atoms with E-state index in [0.717, 1.165) is 0 Å². The molecule has 2 heterocycles. The molecule has 2 aliphatic rings. The minimum absolute atomic E-state index is 0.0950. The van der Waals surface area contributed by atoms with Crippen molar-refractivity contribution in [3.63, 3.8) is 0 Å². The summed E-state index contributed by atoms with van der Waals surface area (Å²) in [5, 5.41) is 13.4. The van der Waals surface area contributed by atoms with E-state index in [1.54, 1.807) is 0 Å². The van der Waals surface area contributed by atoms with Crippen LogP contribution in [0.25, 0.3) is 0 Å². The van der Waals surface area contributed by atoms with Gasteiger partial charge in [-0.1, -0.05) is 0 Å². The van der Waals surface area contributed by atoms with Gasteiger partial charge in [-0.25, -0.2) is 0 Å². The number of hydrogen-bond acceptors (Lipinski definition) is 5. The molecule has 0 bridgehead atoms. The highest BCUT2D eigenvalue weighted by Gasteiger charge is 2.51. The van der Waals surface area contributed by atoms with E-state index in [1.807, 2.05) is 0 Å². The molecule has 1 N–H and O–H groups in total. The van der Waals surface area contributed by atoms with E-state index in [-0.39, 0.29) is 5.69 Å². The van der Waals surface area contributed by atoms with Crippen LogP contribution in [0, 0.1) is 10.1 Å². The van der Waals surface area contributed by atoms with Crippen molar-refractivity contribution in [3.8, 4) is 0 Å². The van der Waals surface area contributed by atoms with E-state index in [4.69, 9.17) is 9.47 Å². The van der Waals surface area contributed by atoms with Crippen LogP contribution in [0.1, 0.15) is 12.0 Å². The second kappa shape index (κ2) is 3.76. The number of hydrogen-bond donors (Lipinski definition) is 1. The van der Waals surface area contributed by atoms with Crippen molar-refractivity contribution in [2.24, 2.45) is 0 Å². The van der Waals surface area contributed by atoms with E-state index in [1.165, 1.54) is 18.2 Å². The third-order valence-corrected chi connectivity index (χ3v) is 3.02. The Kier molecular flexibility index (Phi) is 2.32. The Morgan fingerprint density at radius 1 is 1.33 bits per heavy atom. The predicted octanol–water partition coefficient (Wildman–Crippen LogP) is 1.14. The first-order chi connectivity index (χ1) is 8.63. The predicted molar refractivity (Wildman–Crippen MR) is 59.9 cm³/mol. The fourth-order valence-corrected chi connectivity index (χ4v) is 2.17. The maximum Gasteiger partial charge on any atom is 0.289 e. The normalized spacial score (nSPS) is 20.6. The molecule has 1 aromatic carbocycles. The molecule has 7 heteroatoms. The topological polar surface area (TPSA) is 90.7 Å². The van der Waals surface area contributed by atoms with E-state index < -0.39 is 16.6 Å². The second-order valence-electron chi connectivity index (χ2n) is 4.11. The van der Waals surface area contributed by atoms with Crippen LogP contribution in [0.3, 0.4) is 0 Å². The summed E-state index contributed by atoms with van der Waals surface area (Å²) in [6, 6.07) is 4.14. The molecule has 3 rings (SSSR count). The Balaban J connectivity index is 2.12. The molecule has 1 amide bonds. The molecule has 1 spiro atoms. The van der Waals surface area contributed by atoms with Crippen molar-refractivity contribution in [1.29, 1.82) is 0 Å². The molecular formula is C11H10N2O5. The van der Waals surface area contributed by atoms with Gasteiger partial charge in [0.25, 0.3) is 17.4 Å².